The van der Waals surface area contributed by atoms with Gasteiger partial charge in [-0.15, -0.1) is 11.8 Å². The van der Waals surface area contributed by atoms with Crippen molar-refractivity contribution in [1.29, 1.82) is 0 Å². The second-order valence-electron chi connectivity index (χ2n) is 4.64. The highest BCUT2D eigenvalue weighted by molar-refractivity contribution is 7.98. The molecule has 0 N–H and O–H groups in total. The van der Waals surface area contributed by atoms with Crippen molar-refractivity contribution < 1.29 is 14.3 Å². The van der Waals surface area contributed by atoms with Gasteiger partial charge in [0.1, 0.15) is 0 Å². The Bertz CT molecular complexity index is 706. The van der Waals surface area contributed by atoms with Crippen LogP contribution in [-0.4, -0.2) is 24.6 Å². The van der Waals surface area contributed by atoms with Gasteiger partial charge in [-0.25, -0.2) is 4.79 Å². The molecule has 0 radical (unpaired) electrons. The maximum Gasteiger partial charge on any atom is 0.331 e. The normalized spacial score (nSPS) is 10.7. The first-order valence-electron chi connectivity index (χ1n) is 6.86. The molecule has 0 atom stereocenters. The summed E-state index contributed by atoms with van der Waals surface area (Å²) >= 11 is 7.41. The van der Waals surface area contributed by atoms with Gasteiger partial charge in [-0.2, -0.15) is 0 Å². The average Bonchev–Trinajstić information content (AvgIpc) is 2.59. The summed E-state index contributed by atoms with van der Waals surface area (Å²) in [6, 6.07) is 14.2. The molecule has 5 heteroatoms. The van der Waals surface area contributed by atoms with Crippen LogP contribution in [0.3, 0.4) is 0 Å². The van der Waals surface area contributed by atoms with Crippen LogP contribution in [-0.2, 0) is 9.53 Å². The predicted molar refractivity (Wildman–Crippen MR) is 94.0 cm³/mol. The number of halogens is 1. The van der Waals surface area contributed by atoms with E-state index in [0.29, 0.717) is 10.6 Å². The maximum atomic E-state index is 11.9. The van der Waals surface area contributed by atoms with Gasteiger partial charge in [-0.1, -0.05) is 23.7 Å². The first-order valence-corrected chi connectivity index (χ1v) is 8.46. The second kappa shape index (κ2) is 8.56. The zero-order valence-electron chi connectivity index (χ0n) is 12.5. The van der Waals surface area contributed by atoms with Crippen LogP contribution in [0.1, 0.15) is 15.9 Å². The van der Waals surface area contributed by atoms with E-state index < -0.39 is 5.97 Å². The van der Waals surface area contributed by atoms with Crippen molar-refractivity contribution in [2.75, 3.05) is 12.9 Å². The molecular formula is C18H15ClO3S. The molecule has 0 saturated carbocycles. The Balaban J connectivity index is 1.85. The highest BCUT2D eigenvalue weighted by atomic mass is 35.5. The van der Waals surface area contributed by atoms with Crippen molar-refractivity contribution in [3.8, 4) is 0 Å². The fourth-order valence-electron chi connectivity index (χ4n) is 1.78. The van der Waals surface area contributed by atoms with Crippen molar-refractivity contribution >= 4 is 41.2 Å². The minimum atomic E-state index is -0.554. The fourth-order valence-corrected chi connectivity index (χ4v) is 2.32. The molecule has 0 bridgehead atoms. The number of benzene rings is 2. The monoisotopic (exact) mass is 346 g/mol. The number of ether oxygens (including phenoxy) is 1. The molecule has 3 nitrogen and oxygen atoms in total. The highest BCUT2D eigenvalue weighted by Gasteiger charge is 2.08. The standard InChI is InChI=1S/C18H15ClO3S/c1-23-16-9-2-13(3-10-16)4-11-18(21)22-12-17(20)14-5-7-15(19)8-6-14/h2-11H,12H2,1H3/b11-4+. The van der Waals surface area contributed by atoms with Gasteiger partial charge in [0, 0.05) is 21.6 Å². The Morgan fingerprint density at radius 3 is 2.35 bits per heavy atom. The molecule has 2 rings (SSSR count). The summed E-state index contributed by atoms with van der Waals surface area (Å²) in [7, 11) is 0. The number of thioether (sulfide) groups is 1. The van der Waals surface area contributed by atoms with Crippen molar-refractivity contribution in [2.24, 2.45) is 0 Å². The lowest BCUT2D eigenvalue weighted by molar-refractivity contribution is -0.136. The second-order valence-corrected chi connectivity index (χ2v) is 5.96. The molecule has 0 aliphatic carbocycles. The van der Waals surface area contributed by atoms with Gasteiger partial charge in [-0.3, -0.25) is 4.79 Å². The molecule has 0 heterocycles. The maximum absolute atomic E-state index is 11.9. The van der Waals surface area contributed by atoms with E-state index in [-0.39, 0.29) is 12.4 Å². The number of hydrogen-bond donors (Lipinski definition) is 0. The zero-order chi connectivity index (χ0) is 16.7. The number of hydrogen-bond acceptors (Lipinski definition) is 4. The molecule has 0 aromatic heterocycles. The summed E-state index contributed by atoms with van der Waals surface area (Å²) in [4.78, 5) is 24.7. The van der Waals surface area contributed by atoms with Gasteiger partial charge < -0.3 is 4.74 Å². The molecule has 0 amide bonds. The number of carbonyl (C=O) groups is 2. The van der Waals surface area contributed by atoms with E-state index in [2.05, 4.69) is 0 Å². The molecule has 2 aromatic carbocycles. The van der Waals surface area contributed by atoms with Gasteiger partial charge in [0.05, 0.1) is 0 Å². The number of ketones is 1. The van der Waals surface area contributed by atoms with Crippen LogP contribution >= 0.6 is 23.4 Å². The zero-order valence-corrected chi connectivity index (χ0v) is 14.1. The molecule has 0 aliphatic rings. The third-order valence-electron chi connectivity index (χ3n) is 3.04. The molecule has 0 unspecified atom stereocenters. The Kier molecular flexibility index (Phi) is 6.44. The molecule has 0 spiro atoms. The summed E-state index contributed by atoms with van der Waals surface area (Å²) < 4.78 is 4.94. The average molecular weight is 347 g/mol. The molecule has 0 fully saturated rings. The van der Waals surface area contributed by atoms with E-state index in [1.807, 2.05) is 30.5 Å². The predicted octanol–water partition coefficient (Wildman–Crippen LogP) is 4.50. The first kappa shape index (κ1) is 17.3. The highest BCUT2D eigenvalue weighted by Crippen LogP contribution is 2.15. The van der Waals surface area contributed by atoms with Gasteiger partial charge in [0.15, 0.2) is 12.4 Å². The van der Waals surface area contributed by atoms with E-state index in [9.17, 15) is 9.59 Å². The van der Waals surface area contributed by atoms with Crippen molar-refractivity contribution in [3.05, 3.63) is 70.8 Å². The smallest absolute Gasteiger partial charge is 0.331 e. The largest absolute Gasteiger partial charge is 0.454 e. The van der Waals surface area contributed by atoms with Gasteiger partial charge in [0.25, 0.3) is 0 Å². The van der Waals surface area contributed by atoms with E-state index >= 15 is 0 Å². The van der Waals surface area contributed by atoms with Crippen LogP contribution in [0.25, 0.3) is 6.08 Å². The third kappa shape index (κ3) is 5.58. The van der Waals surface area contributed by atoms with Crippen LogP contribution < -0.4 is 0 Å². The SMILES string of the molecule is CSc1ccc(/C=C/C(=O)OCC(=O)c2ccc(Cl)cc2)cc1. The van der Waals surface area contributed by atoms with E-state index in [4.69, 9.17) is 16.3 Å². The number of carbonyl (C=O) groups excluding carboxylic acids is 2. The van der Waals surface area contributed by atoms with E-state index in [1.54, 1.807) is 42.1 Å². The van der Waals surface area contributed by atoms with Crippen LogP contribution in [0.5, 0.6) is 0 Å². The van der Waals surface area contributed by atoms with Crippen LogP contribution in [0.4, 0.5) is 0 Å². The lowest BCUT2D eigenvalue weighted by Crippen LogP contribution is -2.12. The van der Waals surface area contributed by atoms with Crippen molar-refractivity contribution in [2.45, 2.75) is 4.90 Å². The van der Waals surface area contributed by atoms with Crippen molar-refractivity contribution in [3.63, 3.8) is 0 Å². The van der Waals surface area contributed by atoms with E-state index in [0.717, 1.165) is 10.5 Å². The summed E-state index contributed by atoms with van der Waals surface area (Å²) in [5, 5.41) is 0.550. The Labute approximate surface area is 144 Å². The fraction of sp³-hybridized carbons (Fsp3) is 0.111. The quantitative estimate of drug-likeness (QED) is 0.334. The lowest BCUT2D eigenvalue weighted by Gasteiger charge is -2.02. The van der Waals surface area contributed by atoms with E-state index in [1.165, 1.54) is 6.08 Å². The molecular weight excluding hydrogens is 332 g/mol. The van der Waals surface area contributed by atoms with Crippen LogP contribution in [0.15, 0.2) is 59.5 Å². The van der Waals surface area contributed by atoms with Crippen molar-refractivity contribution in [1.82, 2.24) is 0 Å². The third-order valence-corrected chi connectivity index (χ3v) is 4.03. The summed E-state index contributed by atoms with van der Waals surface area (Å²) in [6.45, 7) is -0.295. The summed E-state index contributed by atoms with van der Waals surface area (Å²) in [6.07, 6.45) is 4.96. The molecule has 0 saturated heterocycles. The Morgan fingerprint density at radius 2 is 1.74 bits per heavy atom. The topological polar surface area (TPSA) is 43.4 Å². The molecule has 23 heavy (non-hydrogen) atoms. The minimum absolute atomic E-state index is 0.271. The summed E-state index contributed by atoms with van der Waals surface area (Å²) in [5.41, 5.74) is 1.35. The van der Waals surface area contributed by atoms with Gasteiger partial charge in [-0.05, 0) is 54.3 Å². The Morgan fingerprint density at radius 1 is 1.09 bits per heavy atom. The van der Waals surface area contributed by atoms with Crippen LogP contribution in [0, 0.1) is 0 Å². The van der Waals surface area contributed by atoms with Gasteiger partial charge >= 0.3 is 5.97 Å². The lowest BCUT2D eigenvalue weighted by atomic mass is 10.1. The number of Topliss-reactive ketones (excluding diaryl/α,β-unsaturated/α-hetero) is 1. The van der Waals surface area contributed by atoms with Gasteiger partial charge in [0.2, 0.25) is 0 Å². The first-order chi connectivity index (χ1) is 11.1. The Hall–Kier alpha value is -2.04. The minimum Gasteiger partial charge on any atom is -0.454 e. The summed E-state index contributed by atoms with van der Waals surface area (Å²) in [5.74, 6) is -0.825. The molecule has 2 aromatic rings. The number of rotatable bonds is 6. The molecule has 0 aliphatic heterocycles. The van der Waals surface area contributed by atoms with Crippen LogP contribution in [0.2, 0.25) is 5.02 Å². The number of esters is 1. The molecule has 118 valence electrons.